The van der Waals surface area contributed by atoms with E-state index in [1.54, 1.807) is 0 Å². The fraction of sp³-hybridized carbons (Fsp3) is 0.211. The van der Waals surface area contributed by atoms with Gasteiger partial charge in [-0.1, -0.05) is 30.3 Å². The summed E-state index contributed by atoms with van der Waals surface area (Å²) in [7, 11) is 0. The maximum atomic E-state index is 4.84. The molecule has 0 atom stereocenters. The number of aromatic nitrogens is 1. The van der Waals surface area contributed by atoms with Crippen molar-refractivity contribution >= 4 is 10.9 Å². The van der Waals surface area contributed by atoms with Gasteiger partial charge in [0.05, 0.1) is 11.2 Å². The first-order valence-electron chi connectivity index (χ1n) is 7.01. The lowest BCUT2D eigenvalue weighted by atomic mass is 9.95. The molecule has 2 aromatic carbocycles. The lowest BCUT2D eigenvalue weighted by Gasteiger charge is -2.12. The van der Waals surface area contributed by atoms with Crippen molar-refractivity contribution in [3.63, 3.8) is 0 Å². The van der Waals surface area contributed by atoms with Crippen LogP contribution in [0.25, 0.3) is 22.2 Å². The highest BCUT2D eigenvalue weighted by Gasteiger charge is 2.09. The van der Waals surface area contributed by atoms with E-state index in [-0.39, 0.29) is 0 Å². The van der Waals surface area contributed by atoms with Gasteiger partial charge in [-0.15, -0.1) is 0 Å². The molecule has 20 heavy (non-hydrogen) atoms. The van der Waals surface area contributed by atoms with Gasteiger partial charge in [0.1, 0.15) is 0 Å². The molecule has 1 heteroatoms. The Morgan fingerprint density at radius 2 is 1.50 bits per heavy atom. The number of hydrogen-bond donors (Lipinski definition) is 0. The Hall–Kier alpha value is -2.15. The van der Waals surface area contributed by atoms with Crippen LogP contribution in [0.2, 0.25) is 0 Å². The fourth-order valence-electron chi connectivity index (χ4n) is 2.72. The quantitative estimate of drug-likeness (QED) is 0.591. The molecule has 3 rings (SSSR count). The largest absolute Gasteiger partial charge is 0.248 e. The smallest absolute Gasteiger partial charge is 0.0715 e. The molecule has 0 aliphatic rings. The van der Waals surface area contributed by atoms with Crippen molar-refractivity contribution < 1.29 is 0 Å². The Bertz CT molecular complexity index is 800. The van der Waals surface area contributed by atoms with E-state index >= 15 is 0 Å². The molecule has 100 valence electrons. The average Bonchev–Trinajstić information content (AvgIpc) is 2.45. The number of para-hydroxylation sites is 1. The zero-order valence-corrected chi connectivity index (χ0v) is 12.5. The number of benzene rings is 2. The van der Waals surface area contributed by atoms with E-state index in [1.807, 2.05) is 6.07 Å². The van der Waals surface area contributed by atoms with E-state index in [1.165, 1.54) is 33.2 Å². The summed E-state index contributed by atoms with van der Waals surface area (Å²) in [5.41, 5.74) is 8.68. The van der Waals surface area contributed by atoms with Crippen LogP contribution in [0.5, 0.6) is 0 Å². The van der Waals surface area contributed by atoms with Crippen LogP contribution in [0, 0.1) is 27.7 Å². The second-order valence-electron chi connectivity index (χ2n) is 5.52. The molecule has 0 aliphatic carbocycles. The van der Waals surface area contributed by atoms with Gasteiger partial charge in [-0.2, -0.15) is 0 Å². The maximum Gasteiger partial charge on any atom is 0.0715 e. The minimum atomic E-state index is 1.07. The summed E-state index contributed by atoms with van der Waals surface area (Å²) in [4.78, 5) is 4.84. The minimum Gasteiger partial charge on any atom is -0.248 e. The molecule has 0 unspecified atom stereocenters. The van der Waals surface area contributed by atoms with Crippen molar-refractivity contribution in [2.45, 2.75) is 27.7 Å². The number of hydrogen-bond acceptors (Lipinski definition) is 1. The third-order valence-corrected chi connectivity index (χ3v) is 4.26. The molecule has 0 radical (unpaired) electrons. The molecule has 0 spiro atoms. The van der Waals surface area contributed by atoms with Crippen molar-refractivity contribution in [1.82, 2.24) is 4.98 Å². The Morgan fingerprint density at radius 3 is 2.30 bits per heavy atom. The number of nitrogens with zero attached hydrogens (tertiary/aromatic N) is 1. The molecule has 0 amide bonds. The van der Waals surface area contributed by atoms with Gasteiger partial charge in [-0.25, -0.2) is 4.98 Å². The lowest BCUT2D eigenvalue weighted by molar-refractivity contribution is 1.25. The normalized spacial score (nSPS) is 11.0. The maximum absolute atomic E-state index is 4.84. The van der Waals surface area contributed by atoms with Crippen LogP contribution in [0.15, 0.2) is 42.5 Å². The molecule has 0 saturated carbocycles. The Balaban J connectivity index is 2.28. The first-order chi connectivity index (χ1) is 9.58. The van der Waals surface area contributed by atoms with E-state index in [4.69, 9.17) is 4.98 Å². The number of fused-ring (bicyclic) bond motifs is 1. The molecular formula is C19H19N. The highest BCUT2D eigenvalue weighted by Crippen LogP contribution is 2.29. The highest BCUT2D eigenvalue weighted by atomic mass is 14.7. The van der Waals surface area contributed by atoms with Crippen LogP contribution in [-0.2, 0) is 0 Å². The summed E-state index contributed by atoms with van der Waals surface area (Å²) >= 11 is 0. The Morgan fingerprint density at radius 1 is 0.750 bits per heavy atom. The van der Waals surface area contributed by atoms with Gasteiger partial charge in [0, 0.05) is 10.9 Å². The summed E-state index contributed by atoms with van der Waals surface area (Å²) in [6.07, 6.45) is 0. The van der Waals surface area contributed by atoms with Gasteiger partial charge >= 0.3 is 0 Å². The van der Waals surface area contributed by atoms with Crippen molar-refractivity contribution in [2.75, 3.05) is 0 Å². The molecule has 0 aliphatic heterocycles. The predicted molar refractivity (Wildman–Crippen MR) is 86.1 cm³/mol. The van der Waals surface area contributed by atoms with Gasteiger partial charge in [-0.05, 0) is 62.1 Å². The summed E-state index contributed by atoms with van der Waals surface area (Å²) in [5.74, 6) is 0. The average molecular weight is 261 g/mol. The molecular weight excluding hydrogens is 242 g/mol. The van der Waals surface area contributed by atoms with E-state index in [0.717, 1.165) is 11.2 Å². The molecule has 0 N–H and O–H groups in total. The zero-order chi connectivity index (χ0) is 14.3. The monoisotopic (exact) mass is 261 g/mol. The molecule has 1 heterocycles. The van der Waals surface area contributed by atoms with Gasteiger partial charge in [0.25, 0.3) is 0 Å². The van der Waals surface area contributed by atoms with E-state index in [2.05, 4.69) is 64.1 Å². The third-order valence-electron chi connectivity index (χ3n) is 4.26. The molecule has 1 nitrogen and oxygen atoms in total. The zero-order valence-electron chi connectivity index (χ0n) is 12.5. The van der Waals surface area contributed by atoms with Crippen molar-refractivity contribution in [3.05, 3.63) is 64.7 Å². The first-order valence-corrected chi connectivity index (χ1v) is 7.01. The van der Waals surface area contributed by atoms with Crippen LogP contribution >= 0.6 is 0 Å². The summed E-state index contributed by atoms with van der Waals surface area (Å²) in [6, 6.07) is 14.9. The second kappa shape index (κ2) is 4.75. The molecule has 1 aromatic heterocycles. The van der Waals surface area contributed by atoms with Gasteiger partial charge in [-0.3, -0.25) is 0 Å². The Labute approximate surface area is 120 Å². The molecule has 3 aromatic rings. The van der Waals surface area contributed by atoms with E-state index in [0.29, 0.717) is 0 Å². The van der Waals surface area contributed by atoms with Gasteiger partial charge in [0.2, 0.25) is 0 Å². The van der Waals surface area contributed by atoms with Crippen LogP contribution in [0.3, 0.4) is 0 Å². The number of rotatable bonds is 1. The van der Waals surface area contributed by atoms with Crippen LogP contribution < -0.4 is 0 Å². The van der Waals surface area contributed by atoms with Gasteiger partial charge < -0.3 is 0 Å². The summed E-state index contributed by atoms with van der Waals surface area (Å²) < 4.78 is 0. The van der Waals surface area contributed by atoms with Crippen molar-refractivity contribution in [3.8, 4) is 11.3 Å². The van der Waals surface area contributed by atoms with Crippen molar-refractivity contribution in [2.24, 2.45) is 0 Å². The fourth-order valence-corrected chi connectivity index (χ4v) is 2.72. The van der Waals surface area contributed by atoms with Crippen molar-refractivity contribution in [1.29, 1.82) is 0 Å². The third kappa shape index (κ3) is 2.00. The lowest BCUT2D eigenvalue weighted by Crippen LogP contribution is -1.94. The number of pyridine rings is 1. The molecule has 0 saturated heterocycles. The molecule has 0 bridgehead atoms. The number of aryl methyl sites for hydroxylation is 2. The van der Waals surface area contributed by atoms with E-state index < -0.39 is 0 Å². The van der Waals surface area contributed by atoms with E-state index in [9.17, 15) is 0 Å². The Kier molecular flexibility index (Phi) is 3.06. The minimum absolute atomic E-state index is 1.07. The van der Waals surface area contributed by atoms with Crippen LogP contribution in [0.1, 0.15) is 22.3 Å². The SMILES string of the molecule is Cc1ccc(-c2cc(C)c3ccccc3n2)c(C)c1C. The summed E-state index contributed by atoms with van der Waals surface area (Å²) in [5, 5.41) is 1.23. The van der Waals surface area contributed by atoms with Crippen LogP contribution in [0.4, 0.5) is 0 Å². The van der Waals surface area contributed by atoms with Crippen LogP contribution in [-0.4, -0.2) is 4.98 Å². The predicted octanol–water partition coefficient (Wildman–Crippen LogP) is 5.14. The second-order valence-corrected chi connectivity index (χ2v) is 5.52. The summed E-state index contributed by atoms with van der Waals surface area (Å²) in [6.45, 7) is 8.68. The highest BCUT2D eigenvalue weighted by molar-refractivity contribution is 5.85. The first kappa shape index (κ1) is 12.9. The molecule has 0 fully saturated rings. The standard InChI is InChI=1S/C19H19N/c1-12-9-10-17(15(4)14(12)3)19-11-13(2)16-7-5-6-8-18(16)20-19/h5-11H,1-4H3. The van der Waals surface area contributed by atoms with Gasteiger partial charge in [0.15, 0.2) is 0 Å². The topological polar surface area (TPSA) is 12.9 Å².